The van der Waals surface area contributed by atoms with E-state index >= 15 is 0 Å². The molecular formula is C23H30ClF2N3O4. The first-order chi connectivity index (χ1) is 15.6. The van der Waals surface area contributed by atoms with Crippen LogP contribution in [0.1, 0.15) is 51.9 Å². The highest BCUT2D eigenvalue weighted by atomic mass is 35.5. The van der Waals surface area contributed by atoms with Gasteiger partial charge in [-0.1, -0.05) is 11.6 Å². The van der Waals surface area contributed by atoms with Crippen LogP contribution >= 0.6 is 11.6 Å². The first-order valence-corrected chi connectivity index (χ1v) is 11.8. The van der Waals surface area contributed by atoms with Gasteiger partial charge in [0.05, 0.1) is 22.7 Å². The lowest BCUT2D eigenvalue weighted by Gasteiger charge is -2.56. The van der Waals surface area contributed by atoms with Gasteiger partial charge in [0.15, 0.2) is 6.61 Å². The van der Waals surface area contributed by atoms with Gasteiger partial charge in [0.2, 0.25) is 5.91 Å². The van der Waals surface area contributed by atoms with Gasteiger partial charge in [0.1, 0.15) is 17.7 Å². The molecule has 4 fully saturated rings. The summed E-state index contributed by atoms with van der Waals surface area (Å²) in [6.07, 6.45) is 1.59. The largest absolute Gasteiger partial charge is 0.484 e. The minimum atomic E-state index is -0.953. The van der Waals surface area contributed by atoms with Crippen molar-refractivity contribution >= 4 is 23.4 Å². The summed E-state index contributed by atoms with van der Waals surface area (Å²) in [4.78, 5) is 25.3. The van der Waals surface area contributed by atoms with Crippen molar-refractivity contribution in [3.63, 3.8) is 0 Å². The Labute approximate surface area is 196 Å². The van der Waals surface area contributed by atoms with Crippen LogP contribution in [0.15, 0.2) is 18.2 Å². The Morgan fingerprint density at radius 3 is 2.61 bits per heavy atom. The molecule has 2 amide bonds. The van der Waals surface area contributed by atoms with Gasteiger partial charge in [-0.2, -0.15) is 0 Å². The normalized spacial score (nSPS) is 35.7. The van der Waals surface area contributed by atoms with E-state index in [9.17, 15) is 23.5 Å². The second-order valence-corrected chi connectivity index (χ2v) is 10.1. The number of hydrogen-bond donors (Lipinski definition) is 4. The number of alkyl halides is 1. The van der Waals surface area contributed by atoms with Crippen LogP contribution in [-0.2, 0) is 9.59 Å². The molecule has 182 valence electrons. The number of amides is 2. The number of rotatable bonds is 6. The molecule has 3 aliphatic carbocycles. The average molecular weight is 486 g/mol. The molecular weight excluding hydrogens is 456 g/mol. The van der Waals surface area contributed by atoms with Crippen molar-refractivity contribution in [2.45, 2.75) is 87.3 Å². The SMILES string of the molecule is CC1NC(C(=O)NC23CCC(NC(=O)COc4ccc(Cl)c(F)c4)(CC2)C(O)C3)CCC1F. The third kappa shape index (κ3) is 5.10. The van der Waals surface area contributed by atoms with E-state index < -0.39 is 41.1 Å². The second kappa shape index (κ2) is 9.35. The molecule has 0 spiro atoms. The van der Waals surface area contributed by atoms with Crippen molar-refractivity contribution in [3.05, 3.63) is 29.0 Å². The molecule has 4 unspecified atom stereocenters. The van der Waals surface area contributed by atoms with Crippen molar-refractivity contribution in [3.8, 4) is 5.75 Å². The Hall–Kier alpha value is -1.97. The molecule has 0 radical (unpaired) electrons. The Morgan fingerprint density at radius 2 is 1.97 bits per heavy atom. The van der Waals surface area contributed by atoms with Crippen LogP contribution in [0, 0.1) is 5.82 Å². The van der Waals surface area contributed by atoms with Gasteiger partial charge in [-0.3, -0.25) is 9.59 Å². The monoisotopic (exact) mass is 485 g/mol. The lowest BCUT2D eigenvalue weighted by Crippen LogP contribution is -2.71. The van der Waals surface area contributed by atoms with E-state index in [0.29, 0.717) is 44.9 Å². The zero-order valence-corrected chi connectivity index (χ0v) is 19.3. The van der Waals surface area contributed by atoms with E-state index in [4.69, 9.17) is 16.3 Å². The first-order valence-electron chi connectivity index (χ1n) is 11.4. The lowest BCUT2D eigenvalue weighted by atomic mass is 9.59. The molecule has 33 heavy (non-hydrogen) atoms. The van der Waals surface area contributed by atoms with E-state index in [1.807, 2.05) is 0 Å². The number of benzene rings is 1. The molecule has 4 atom stereocenters. The van der Waals surface area contributed by atoms with Crippen molar-refractivity contribution < 1.29 is 28.2 Å². The Morgan fingerprint density at radius 1 is 1.24 bits per heavy atom. The van der Waals surface area contributed by atoms with E-state index in [-0.39, 0.29) is 29.3 Å². The summed E-state index contributed by atoms with van der Waals surface area (Å²) < 4.78 is 32.6. The minimum Gasteiger partial charge on any atom is -0.484 e. The number of nitrogens with one attached hydrogen (secondary N) is 3. The van der Waals surface area contributed by atoms with E-state index in [1.54, 1.807) is 6.92 Å². The number of carbonyl (C=O) groups excluding carboxylic acids is 2. The second-order valence-electron chi connectivity index (χ2n) is 9.66. The van der Waals surface area contributed by atoms with Crippen molar-refractivity contribution in [1.82, 2.24) is 16.0 Å². The van der Waals surface area contributed by atoms with Gasteiger partial charge in [-0.15, -0.1) is 0 Å². The molecule has 1 aromatic rings. The third-order valence-corrected chi connectivity index (χ3v) is 7.72. The van der Waals surface area contributed by atoms with Crippen LogP contribution in [0.25, 0.3) is 0 Å². The zero-order valence-electron chi connectivity index (χ0n) is 18.5. The number of fused-ring (bicyclic) bond motifs is 3. The van der Waals surface area contributed by atoms with Crippen LogP contribution in [-0.4, -0.2) is 59.0 Å². The third-order valence-electron chi connectivity index (χ3n) is 7.41. The average Bonchev–Trinajstić information content (AvgIpc) is 2.77. The molecule has 0 aromatic heterocycles. The Balaban J connectivity index is 1.31. The summed E-state index contributed by atoms with van der Waals surface area (Å²) in [7, 11) is 0. The standard InChI is InChI=1S/C23H30ClF2N3O4/c1-13-16(25)4-5-18(27-13)21(32)29-22-6-8-23(9-7-22,19(30)11-22)28-20(31)12-33-14-2-3-15(24)17(26)10-14/h2-3,10,13,16,18-19,27,30H,4-9,11-12H2,1H3,(H,28,31)(H,29,32). The number of aliphatic hydroxyl groups is 1. The maximum Gasteiger partial charge on any atom is 0.258 e. The van der Waals surface area contributed by atoms with Gasteiger partial charge in [0.25, 0.3) is 5.91 Å². The summed E-state index contributed by atoms with van der Waals surface area (Å²) in [5.74, 6) is -1.03. The molecule has 5 rings (SSSR count). The number of ether oxygens (including phenoxy) is 1. The van der Waals surface area contributed by atoms with Gasteiger partial charge in [-0.25, -0.2) is 8.78 Å². The molecule has 2 bridgehead atoms. The smallest absolute Gasteiger partial charge is 0.258 e. The Bertz CT molecular complexity index is 910. The predicted octanol–water partition coefficient (Wildman–Crippen LogP) is 2.39. The maximum atomic E-state index is 13.7. The van der Waals surface area contributed by atoms with Crippen LogP contribution in [0.3, 0.4) is 0 Å². The van der Waals surface area contributed by atoms with Crippen LogP contribution in [0.5, 0.6) is 5.75 Å². The number of halogens is 3. The molecule has 4 N–H and O–H groups in total. The molecule has 10 heteroatoms. The molecule has 1 aliphatic heterocycles. The van der Waals surface area contributed by atoms with Crippen molar-refractivity contribution in [2.75, 3.05) is 6.61 Å². The molecule has 7 nitrogen and oxygen atoms in total. The topological polar surface area (TPSA) is 99.7 Å². The van der Waals surface area contributed by atoms with Crippen LogP contribution in [0.4, 0.5) is 8.78 Å². The van der Waals surface area contributed by atoms with Gasteiger partial charge < -0.3 is 25.8 Å². The van der Waals surface area contributed by atoms with E-state index in [0.717, 1.165) is 6.07 Å². The summed E-state index contributed by atoms with van der Waals surface area (Å²) >= 11 is 5.65. The summed E-state index contributed by atoms with van der Waals surface area (Å²) in [5, 5.41) is 19.9. The fourth-order valence-corrected chi connectivity index (χ4v) is 5.44. The van der Waals surface area contributed by atoms with Gasteiger partial charge >= 0.3 is 0 Å². The minimum absolute atomic E-state index is 0.0332. The molecule has 4 aliphatic rings. The van der Waals surface area contributed by atoms with E-state index in [2.05, 4.69) is 16.0 Å². The summed E-state index contributed by atoms with van der Waals surface area (Å²) in [6, 6.07) is 3.12. The Kier molecular flexibility index (Phi) is 6.85. The molecule has 1 aromatic carbocycles. The molecule has 1 heterocycles. The summed E-state index contributed by atoms with van der Waals surface area (Å²) in [6.45, 7) is 1.41. The zero-order chi connectivity index (χ0) is 23.8. The lowest BCUT2D eigenvalue weighted by molar-refractivity contribution is -0.137. The number of carbonyl (C=O) groups is 2. The van der Waals surface area contributed by atoms with Crippen molar-refractivity contribution in [1.29, 1.82) is 0 Å². The highest BCUT2D eigenvalue weighted by Gasteiger charge is 2.55. The summed E-state index contributed by atoms with van der Waals surface area (Å²) in [5.41, 5.74) is -1.31. The highest BCUT2D eigenvalue weighted by Crippen LogP contribution is 2.47. The van der Waals surface area contributed by atoms with Crippen LogP contribution in [0.2, 0.25) is 5.02 Å². The van der Waals surface area contributed by atoms with E-state index in [1.165, 1.54) is 12.1 Å². The fourth-order valence-electron chi connectivity index (χ4n) is 5.33. The number of aliphatic hydroxyl groups excluding tert-OH is 1. The van der Waals surface area contributed by atoms with Gasteiger partial charge in [-0.05, 0) is 64.0 Å². The van der Waals surface area contributed by atoms with Crippen LogP contribution < -0.4 is 20.7 Å². The first kappa shape index (κ1) is 24.2. The molecule has 1 saturated heterocycles. The number of hydrogen-bond acceptors (Lipinski definition) is 5. The highest BCUT2D eigenvalue weighted by molar-refractivity contribution is 6.30. The van der Waals surface area contributed by atoms with Crippen molar-refractivity contribution in [2.24, 2.45) is 0 Å². The predicted molar refractivity (Wildman–Crippen MR) is 118 cm³/mol. The fraction of sp³-hybridized carbons (Fsp3) is 0.652. The quantitative estimate of drug-likeness (QED) is 0.496. The van der Waals surface area contributed by atoms with Gasteiger partial charge in [0, 0.05) is 17.6 Å². The number of piperidine rings is 1. The maximum absolute atomic E-state index is 13.7. The molecule has 3 saturated carbocycles.